The van der Waals surface area contributed by atoms with Crippen LogP contribution in [-0.2, 0) is 9.53 Å². The van der Waals surface area contributed by atoms with Gasteiger partial charge in [0.1, 0.15) is 11.8 Å². The van der Waals surface area contributed by atoms with E-state index < -0.39 is 36.4 Å². The molecule has 178 valence electrons. The molecule has 1 fully saturated rings. The van der Waals surface area contributed by atoms with Gasteiger partial charge in [-0.3, -0.25) is 14.4 Å². The molecule has 1 aromatic carbocycles. The highest BCUT2D eigenvalue weighted by atomic mass is 16.5. The number of rotatable bonds is 7. The van der Waals surface area contributed by atoms with Gasteiger partial charge in [-0.15, -0.1) is 0 Å². The Kier molecular flexibility index (Phi) is 8.00. The summed E-state index contributed by atoms with van der Waals surface area (Å²) < 4.78 is 5.76. The minimum absolute atomic E-state index is 0.175. The Hall–Kier alpha value is -2.53. The fraction of sp³-hybridized carbons (Fsp3) is 0.591. The third-order valence-electron chi connectivity index (χ3n) is 5.64. The van der Waals surface area contributed by atoms with Crippen molar-refractivity contribution in [2.24, 2.45) is 0 Å². The number of aliphatic hydroxyl groups excluding tert-OH is 3. The van der Waals surface area contributed by atoms with Gasteiger partial charge in [-0.2, -0.15) is 0 Å². The highest BCUT2D eigenvalue weighted by molar-refractivity contribution is 6.07. The molecule has 5 N–H and O–H groups in total. The normalized spacial score (nSPS) is 18.4. The zero-order chi connectivity index (χ0) is 24.4. The second-order valence-electron chi connectivity index (χ2n) is 8.51. The maximum Gasteiger partial charge on any atom is 0.256 e. The van der Waals surface area contributed by atoms with Gasteiger partial charge in [0.05, 0.1) is 25.9 Å². The van der Waals surface area contributed by atoms with E-state index in [0.29, 0.717) is 22.4 Å². The summed E-state index contributed by atoms with van der Waals surface area (Å²) in [4.78, 5) is 40.0. The van der Waals surface area contributed by atoms with E-state index in [1.165, 1.54) is 11.8 Å². The van der Waals surface area contributed by atoms with E-state index in [-0.39, 0.29) is 36.7 Å². The van der Waals surface area contributed by atoms with Crippen LogP contribution in [0.15, 0.2) is 0 Å². The van der Waals surface area contributed by atoms with Crippen molar-refractivity contribution in [1.29, 1.82) is 0 Å². The molecule has 2 rings (SSSR count). The molecule has 32 heavy (non-hydrogen) atoms. The Bertz CT molecular complexity index is 914. The Morgan fingerprint density at radius 2 is 1.72 bits per heavy atom. The molecule has 2 unspecified atom stereocenters. The number of ether oxygens (including phenoxy) is 1. The van der Waals surface area contributed by atoms with Crippen molar-refractivity contribution >= 4 is 23.4 Å². The average Bonchev–Trinajstić information content (AvgIpc) is 3.03. The summed E-state index contributed by atoms with van der Waals surface area (Å²) >= 11 is 0. The Morgan fingerprint density at radius 3 is 2.22 bits per heavy atom. The molecule has 0 aromatic heterocycles. The van der Waals surface area contributed by atoms with E-state index in [1.54, 1.807) is 34.6 Å². The topological polar surface area (TPSA) is 148 Å². The predicted molar refractivity (Wildman–Crippen MR) is 117 cm³/mol. The van der Waals surface area contributed by atoms with Gasteiger partial charge in [-0.1, -0.05) is 0 Å². The van der Waals surface area contributed by atoms with Crippen LogP contribution in [0.25, 0.3) is 0 Å². The molecule has 0 radical (unpaired) electrons. The van der Waals surface area contributed by atoms with E-state index in [0.717, 1.165) is 0 Å². The van der Waals surface area contributed by atoms with E-state index in [4.69, 9.17) is 9.84 Å². The Morgan fingerprint density at radius 1 is 1.12 bits per heavy atom. The van der Waals surface area contributed by atoms with Crippen molar-refractivity contribution in [2.75, 3.05) is 31.6 Å². The second-order valence-corrected chi connectivity index (χ2v) is 8.51. The Balaban J connectivity index is 2.62. The number of carbonyl (C=O) groups is 3. The van der Waals surface area contributed by atoms with Crippen molar-refractivity contribution in [3.8, 4) is 0 Å². The first kappa shape index (κ1) is 25.7. The average molecular weight is 452 g/mol. The molecule has 2 atom stereocenters. The number of hydrogen-bond acceptors (Lipinski definition) is 7. The number of aliphatic hydroxyl groups is 3. The molecular weight excluding hydrogens is 418 g/mol. The first-order chi connectivity index (χ1) is 14.8. The molecule has 1 aliphatic heterocycles. The Labute approximate surface area is 187 Å². The van der Waals surface area contributed by atoms with Gasteiger partial charge in [0.25, 0.3) is 11.8 Å². The lowest BCUT2D eigenvalue weighted by atomic mass is 9.89. The number of amides is 3. The van der Waals surface area contributed by atoms with Crippen LogP contribution in [0, 0.1) is 20.8 Å². The van der Waals surface area contributed by atoms with Crippen molar-refractivity contribution < 1.29 is 34.4 Å². The van der Waals surface area contributed by atoms with Crippen LogP contribution < -0.4 is 10.6 Å². The lowest BCUT2D eigenvalue weighted by molar-refractivity contribution is -0.114. The van der Waals surface area contributed by atoms with Crippen LogP contribution in [0.1, 0.15) is 58.2 Å². The molecule has 0 saturated carbocycles. The summed E-state index contributed by atoms with van der Waals surface area (Å²) in [6.45, 7) is 9.04. The molecule has 10 heteroatoms. The molecule has 0 aliphatic carbocycles. The third kappa shape index (κ3) is 5.09. The van der Waals surface area contributed by atoms with Gasteiger partial charge >= 0.3 is 0 Å². The maximum atomic E-state index is 13.6. The number of nitrogens with zero attached hydrogens (tertiary/aromatic N) is 1. The summed E-state index contributed by atoms with van der Waals surface area (Å²) in [6.07, 6.45) is -1.66. The van der Waals surface area contributed by atoms with Crippen molar-refractivity contribution in [1.82, 2.24) is 10.2 Å². The summed E-state index contributed by atoms with van der Waals surface area (Å²) in [5, 5.41) is 33.4. The van der Waals surface area contributed by atoms with Crippen LogP contribution in [0.5, 0.6) is 0 Å². The number of carbonyl (C=O) groups excluding carboxylic acids is 3. The van der Waals surface area contributed by atoms with E-state index in [2.05, 4.69) is 10.6 Å². The number of nitrogens with one attached hydrogen (secondary N) is 2. The maximum absolute atomic E-state index is 13.6. The molecular formula is C22H33N3O7. The second kappa shape index (κ2) is 9.95. The third-order valence-corrected chi connectivity index (χ3v) is 5.64. The molecule has 1 heterocycles. The zero-order valence-electron chi connectivity index (χ0n) is 19.4. The number of hydrogen-bond donors (Lipinski definition) is 5. The highest BCUT2D eigenvalue weighted by Gasteiger charge is 2.43. The first-order valence-electron chi connectivity index (χ1n) is 10.4. The first-order valence-corrected chi connectivity index (χ1v) is 10.4. The molecule has 10 nitrogen and oxygen atoms in total. The van der Waals surface area contributed by atoms with E-state index >= 15 is 0 Å². The quantitative estimate of drug-likeness (QED) is 0.398. The van der Waals surface area contributed by atoms with E-state index in [1.807, 2.05) is 0 Å². The summed E-state index contributed by atoms with van der Waals surface area (Å²) in [7, 11) is 0. The smallest absolute Gasteiger partial charge is 0.256 e. The summed E-state index contributed by atoms with van der Waals surface area (Å²) in [6, 6.07) is 0. The van der Waals surface area contributed by atoms with Gasteiger partial charge in [0.15, 0.2) is 0 Å². The van der Waals surface area contributed by atoms with Crippen LogP contribution in [-0.4, -0.2) is 82.2 Å². The highest BCUT2D eigenvalue weighted by Crippen LogP contribution is 2.35. The molecule has 1 saturated heterocycles. The van der Waals surface area contributed by atoms with Crippen molar-refractivity contribution in [3.05, 3.63) is 27.8 Å². The van der Waals surface area contributed by atoms with Gasteiger partial charge in [0.2, 0.25) is 5.91 Å². The van der Waals surface area contributed by atoms with Gasteiger partial charge in [-0.25, -0.2) is 0 Å². The van der Waals surface area contributed by atoms with Crippen LogP contribution >= 0.6 is 0 Å². The standard InChI is InChI=1S/C22H33N3O7/c1-11-17(20(30)23-7-15(29)9-26)12(2)19(24-14(4)28)13(3)18(11)21(31)25-8-16(10-27)32-22(25,5)6/h15-16,26-27,29H,7-10H2,1-6H3,(H,23,30)(H,24,28). The predicted octanol–water partition coefficient (Wildman–Crippen LogP) is 0.223. The van der Waals surface area contributed by atoms with Crippen LogP contribution in [0.2, 0.25) is 0 Å². The summed E-state index contributed by atoms with van der Waals surface area (Å²) in [5.74, 6) is -1.29. The lowest BCUT2D eigenvalue weighted by Crippen LogP contribution is -2.44. The molecule has 3 amide bonds. The fourth-order valence-electron chi connectivity index (χ4n) is 4.10. The molecule has 0 spiro atoms. The largest absolute Gasteiger partial charge is 0.394 e. The SMILES string of the molecule is CC(=O)Nc1c(C)c(C(=O)NCC(O)CO)c(C)c(C(=O)N2CC(CO)OC2(C)C)c1C. The van der Waals surface area contributed by atoms with Crippen molar-refractivity contribution in [2.45, 2.75) is 59.5 Å². The van der Waals surface area contributed by atoms with E-state index in [9.17, 15) is 24.6 Å². The number of anilines is 1. The molecule has 1 aromatic rings. The zero-order valence-corrected chi connectivity index (χ0v) is 19.4. The van der Waals surface area contributed by atoms with Gasteiger partial charge < -0.3 is 35.6 Å². The molecule has 0 bridgehead atoms. The molecule has 1 aliphatic rings. The van der Waals surface area contributed by atoms with Crippen LogP contribution in [0.4, 0.5) is 5.69 Å². The number of benzene rings is 1. The minimum atomic E-state index is -1.13. The monoisotopic (exact) mass is 451 g/mol. The van der Waals surface area contributed by atoms with Crippen LogP contribution in [0.3, 0.4) is 0 Å². The fourth-order valence-corrected chi connectivity index (χ4v) is 4.10. The van der Waals surface area contributed by atoms with Gasteiger partial charge in [-0.05, 0) is 51.3 Å². The van der Waals surface area contributed by atoms with Gasteiger partial charge in [0, 0.05) is 30.3 Å². The van der Waals surface area contributed by atoms with Crippen molar-refractivity contribution in [3.63, 3.8) is 0 Å². The lowest BCUT2D eigenvalue weighted by Gasteiger charge is -2.32. The minimum Gasteiger partial charge on any atom is -0.394 e. The summed E-state index contributed by atoms with van der Waals surface area (Å²) in [5.41, 5.74) is 1.24.